The van der Waals surface area contributed by atoms with Crippen molar-refractivity contribution in [2.75, 3.05) is 12.0 Å². The van der Waals surface area contributed by atoms with Gasteiger partial charge < -0.3 is 0 Å². The molecule has 0 aliphatic carbocycles. The van der Waals surface area contributed by atoms with Gasteiger partial charge in [-0.15, -0.1) is 0 Å². The topological polar surface area (TPSA) is 194 Å². The largest absolute Gasteiger partial charge is 0.296 e. The normalized spacial score (nSPS) is 21.9. The maximum atomic E-state index is 12.5. The second-order valence-corrected chi connectivity index (χ2v) is 8.81. The molecule has 0 aromatic heterocycles. The van der Waals surface area contributed by atoms with Crippen LogP contribution < -0.4 is 5.43 Å². The molecule has 0 radical (unpaired) electrons. The number of amides is 2. The SMILES string of the molecule is CCN1C(=O)C(=NNc2ccc(S(=O)(=O)O)cc2S(=O)(=O)O)C(C)C(C#N)C1=O. The van der Waals surface area contributed by atoms with E-state index >= 15 is 0 Å². The number of imide groups is 1. The molecule has 2 atom stereocenters. The number of benzene rings is 1. The molecule has 12 nitrogen and oxygen atoms in total. The molecule has 2 amide bonds. The summed E-state index contributed by atoms with van der Waals surface area (Å²) in [5, 5.41) is 13.0. The van der Waals surface area contributed by atoms with E-state index in [0.717, 1.165) is 17.0 Å². The second-order valence-electron chi connectivity index (χ2n) is 6.00. The van der Waals surface area contributed by atoms with Crippen molar-refractivity contribution in [3.05, 3.63) is 18.2 Å². The van der Waals surface area contributed by atoms with Crippen molar-refractivity contribution in [3.63, 3.8) is 0 Å². The van der Waals surface area contributed by atoms with Crippen LogP contribution in [0.1, 0.15) is 13.8 Å². The fourth-order valence-electron chi connectivity index (χ4n) is 2.68. The number of rotatable bonds is 5. The molecule has 1 saturated heterocycles. The first-order valence-corrected chi connectivity index (χ1v) is 10.9. The average Bonchev–Trinajstić information content (AvgIpc) is 2.60. The predicted molar refractivity (Wildman–Crippen MR) is 97.8 cm³/mol. The van der Waals surface area contributed by atoms with E-state index in [-0.39, 0.29) is 12.3 Å². The maximum Gasteiger partial charge on any atom is 0.296 e. The first-order chi connectivity index (χ1) is 13.3. The van der Waals surface area contributed by atoms with Crippen LogP contribution in [0, 0.1) is 23.2 Å². The van der Waals surface area contributed by atoms with Gasteiger partial charge in [0.05, 0.1) is 16.7 Å². The van der Waals surface area contributed by atoms with E-state index in [9.17, 15) is 36.2 Å². The Balaban J connectivity index is 2.53. The number of nitrogens with zero attached hydrogens (tertiary/aromatic N) is 3. The monoisotopic (exact) mass is 444 g/mol. The fraction of sp³-hybridized carbons (Fsp3) is 0.333. The van der Waals surface area contributed by atoms with Gasteiger partial charge in [0.1, 0.15) is 16.5 Å². The van der Waals surface area contributed by atoms with Crippen LogP contribution in [0.5, 0.6) is 0 Å². The Morgan fingerprint density at radius 1 is 1.21 bits per heavy atom. The number of carbonyl (C=O) groups is 2. The Morgan fingerprint density at radius 3 is 2.31 bits per heavy atom. The lowest BCUT2D eigenvalue weighted by Crippen LogP contribution is -2.53. The minimum atomic E-state index is -4.94. The first-order valence-electron chi connectivity index (χ1n) is 8.00. The molecule has 3 N–H and O–H groups in total. The van der Waals surface area contributed by atoms with Gasteiger partial charge in [-0.2, -0.15) is 27.2 Å². The third-order valence-electron chi connectivity index (χ3n) is 4.21. The van der Waals surface area contributed by atoms with Crippen molar-refractivity contribution in [1.82, 2.24) is 4.90 Å². The number of anilines is 1. The summed E-state index contributed by atoms with van der Waals surface area (Å²) >= 11 is 0. The molecule has 1 aromatic carbocycles. The van der Waals surface area contributed by atoms with E-state index in [1.54, 1.807) is 6.07 Å². The molecule has 156 valence electrons. The van der Waals surface area contributed by atoms with Crippen LogP contribution in [0.4, 0.5) is 5.69 Å². The molecule has 14 heteroatoms. The highest BCUT2D eigenvalue weighted by molar-refractivity contribution is 7.86. The van der Waals surface area contributed by atoms with E-state index in [2.05, 4.69) is 10.5 Å². The smallest absolute Gasteiger partial charge is 0.282 e. The van der Waals surface area contributed by atoms with Crippen molar-refractivity contribution < 1.29 is 35.5 Å². The van der Waals surface area contributed by atoms with Crippen LogP contribution in [0.15, 0.2) is 33.1 Å². The van der Waals surface area contributed by atoms with Crippen molar-refractivity contribution >= 4 is 43.4 Å². The molecule has 2 rings (SSSR count). The Labute approximate surface area is 166 Å². The van der Waals surface area contributed by atoms with Gasteiger partial charge in [-0.25, -0.2) is 0 Å². The molecule has 0 saturated carbocycles. The predicted octanol–water partition coefficient (Wildman–Crippen LogP) is 0.112. The molecule has 29 heavy (non-hydrogen) atoms. The lowest BCUT2D eigenvalue weighted by atomic mass is 9.85. The van der Waals surface area contributed by atoms with E-state index in [0.29, 0.717) is 6.07 Å². The Bertz CT molecular complexity index is 1150. The summed E-state index contributed by atoms with van der Waals surface area (Å²) in [6.07, 6.45) is 0. The third-order valence-corrected chi connectivity index (χ3v) is 5.95. The van der Waals surface area contributed by atoms with Crippen LogP contribution in [-0.4, -0.2) is 54.9 Å². The quantitative estimate of drug-likeness (QED) is 0.319. The number of carbonyl (C=O) groups excluding carboxylic acids is 2. The summed E-state index contributed by atoms with van der Waals surface area (Å²) in [7, 11) is -9.70. The lowest BCUT2D eigenvalue weighted by Gasteiger charge is -2.31. The number of likely N-dealkylation sites (tertiary alicyclic amines) is 1. The Hall–Kier alpha value is -2.86. The van der Waals surface area contributed by atoms with Crippen LogP contribution >= 0.6 is 0 Å². The fourth-order valence-corrected chi connectivity index (χ4v) is 3.93. The summed E-state index contributed by atoms with van der Waals surface area (Å²) < 4.78 is 64.0. The van der Waals surface area contributed by atoms with Gasteiger partial charge in [-0.1, -0.05) is 6.92 Å². The number of nitriles is 1. The van der Waals surface area contributed by atoms with Gasteiger partial charge in [0.2, 0.25) is 5.91 Å². The molecule has 1 fully saturated rings. The second kappa shape index (κ2) is 7.87. The van der Waals surface area contributed by atoms with Gasteiger partial charge in [-0.05, 0) is 25.1 Å². The number of hydrogen-bond donors (Lipinski definition) is 3. The van der Waals surface area contributed by atoms with Gasteiger partial charge in [0.25, 0.3) is 26.1 Å². The Morgan fingerprint density at radius 2 is 1.83 bits per heavy atom. The molecular formula is C15H16N4O8S2. The van der Waals surface area contributed by atoms with Crippen molar-refractivity contribution in [3.8, 4) is 6.07 Å². The standard InChI is InChI=1S/C15H16N4O8S2/c1-3-19-14(20)10(7-16)8(2)13(15(19)21)18-17-11-5-4-9(28(22,23)24)6-12(11)29(25,26)27/h4-6,8,10,17H,3H2,1-2H3,(H,22,23,24)(H,25,26,27). The number of hydrogen-bond acceptors (Lipinski definition) is 9. The summed E-state index contributed by atoms with van der Waals surface area (Å²) in [5.74, 6) is -3.56. The minimum Gasteiger partial charge on any atom is -0.282 e. The van der Waals surface area contributed by atoms with Crippen molar-refractivity contribution in [2.45, 2.75) is 23.6 Å². The van der Waals surface area contributed by atoms with Crippen LogP contribution in [-0.2, 0) is 29.8 Å². The lowest BCUT2D eigenvalue weighted by molar-refractivity contribution is -0.145. The zero-order valence-electron chi connectivity index (χ0n) is 15.1. The molecule has 2 unspecified atom stereocenters. The molecule has 1 aliphatic rings. The zero-order valence-corrected chi connectivity index (χ0v) is 16.7. The van der Waals surface area contributed by atoms with Gasteiger partial charge in [0, 0.05) is 12.5 Å². The van der Waals surface area contributed by atoms with Crippen LogP contribution in [0.2, 0.25) is 0 Å². The van der Waals surface area contributed by atoms with Crippen molar-refractivity contribution in [2.24, 2.45) is 16.9 Å². The number of nitrogens with one attached hydrogen (secondary N) is 1. The highest BCUT2D eigenvalue weighted by atomic mass is 32.2. The highest BCUT2D eigenvalue weighted by Gasteiger charge is 2.43. The summed E-state index contributed by atoms with van der Waals surface area (Å²) in [4.78, 5) is 23.7. The molecule has 0 bridgehead atoms. The summed E-state index contributed by atoms with van der Waals surface area (Å²) in [6, 6.07) is 4.04. The van der Waals surface area contributed by atoms with Crippen LogP contribution in [0.3, 0.4) is 0 Å². The highest BCUT2D eigenvalue weighted by Crippen LogP contribution is 2.27. The summed E-state index contributed by atoms with van der Waals surface area (Å²) in [6.45, 7) is 2.93. The van der Waals surface area contributed by atoms with Gasteiger partial charge in [0.15, 0.2) is 0 Å². The Kier molecular flexibility index (Phi) is 6.09. The van der Waals surface area contributed by atoms with E-state index in [1.165, 1.54) is 13.8 Å². The molecule has 0 spiro atoms. The first kappa shape index (κ1) is 22.4. The number of piperidine rings is 1. The molecular weight excluding hydrogens is 428 g/mol. The minimum absolute atomic E-state index is 0.0130. The van der Waals surface area contributed by atoms with Crippen molar-refractivity contribution in [1.29, 1.82) is 5.26 Å². The van der Waals surface area contributed by atoms with Gasteiger partial charge in [-0.3, -0.25) is 29.0 Å². The molecule has 1 heterocycles. The molecule has 1 aliphatic heterocycles. The van der Waals surface area contributed by atoms with E-state index < -0.39 is 59.4 Å². The van der Waals surface area contributed by atoms with E-state index in [1.807, 2.05) is 0 Å². The number of hydrazone groups is 1. The van der Waals surface area contributed by atoms with Gasteiger partial charge >= 0.3 is 0 Å². The maximum absolute atomic E-state index is 12.5. The van der Waals surface area contributed by atoms with E-state index in [4.69, 9.17) is 4.55 Å². The molecule has 1 aromatic rings. The average molecular weight is 444 g/mol. The summed E-state index contributed by atoms with van der Waals surface area (Å²) in [5.41, 5.74) is 1.60. The zero-order chi connectivity index (χ0) is 22.1. The third kappa shape index (κ3) is 4.43. The van der Waals surface area contributed by atoms with Crippen LogP contribution in [0.25, 0.3) is 0 Å².